The van der Waals surface area contributed by atoms with Crippen LogP contribution in [0, 0.1) is 12.8 Å². The van der Waals surface area contributed by atoms with E-state index in [-0.39, 0.29) is 23.7 Å². The van der Waals surface area contributed by atoms with Crippen LogP contribution >= 0.6 is 11.3 Å². The highest BCUT2D eigenvalue weighted by atomic mass is 32.1. The van der Waals surface area contributed by atoms with Crippen molar-refractivity contribution < 1.29 is 14.3 Å². The van der Waals surface area contributed by atoms with Crippen molar-refractivity contribution in [1.29, 1.82) is 0 Å². The predicted molar refractivity (Wildman–Crippen MR) is 102 cm³/mol. The van der Waals surface area contributed by atoms with Crippen molar-refractivity contribution in [2.45, 2.75) is 39.7 Å². The molecule has 138 valence electrons. The number of likely N-dealkylation sites (tertiary alicyclic amines) is 1. The molecule has 1 aliphatic heterocycles. The van der Waals surface area contributed by atoms with Gasteiger partial charge in [0.05, 0.1) is 11.1 Å². The second-order valence-corrected chi connectivity index (χ2v) is 7.96. The highest BCUT2D eigenvalue weighted by Crippen LogP contribution is 2.24. The van der Waals surface area contributed by atoms with E-state index in [1.54, 1.807) is 16.3 Å². The number of aromatic nitrogens is 1. The summed E-state index contributed by atoms with van der Waals surface area (Å²) in [6.07, 6.45) is 1.69. The number of piperidine rings is 1. The largest absolute Gasteiger partial charge is 0.491 e. The highest BCUT2D eigenvalue weighted by molar-refractivity contribution is 7.09. The molecule has 3 rings (SSSR count). The number of ether oxygens (including phenoxy) is 1. The molecule has 0 aliphatic carbocycles. The topological polar surface area (TPSA) is 59.5 Å². The Morgan fingerprint density at radius 2 is 2.15 bits per heavy atom. The summed E-state index contributed by atoms with van der Waals surface area (Å²) in [5, 5.41) is 2.66. The number of hydrogen-bond donors (Lipinski definition) is 0. The SMILES string of the molecule is Cc1nc(C(=O)N2CCC[C@H](C(=O)c3cccc(OC(C)C)c3)C2)cs1. The first kappa shape index (κ1) is 18.6. The van der Waals surface area contributed by atoms with E-state index in [4.69, 9.17) is 4.74 Å². The normalized spacial score (nSPS) is 17.4. The molecule has 1 fully saturated rings. The van der Waals surface area contributed by atoms with Crippen LogP contribution in [0.1, 0.15) is 52.5 Å². The molecule has 2 heterocycles. The zero-order valence-electron chi connectivity index (χ0n) is 15.4. The monoisotopic (exact) mass is 372 g/mol. The van der Waals surface area contributed by atoms with Crippen molar-refractivity contribution in [3.8, 4) is 5.75 Å². The van der Waals surface area contributed by atoms with Gasteiger partial charge in [0.15, 0.2) is 5.78 Å². The quantitative estimate of drug-likeness (QED) is 0.745. The molecule has 0 bridgehead atoms. The summed E-state index contributed by atoms with van der Waals surface area (Å²) in [5.74, 6) is 0.518. The zero-order chi connectivity index (χ0) is 18.7. The van der Waals surface area contributed by atoms with Gasteiger partial charge in [-0.05, 0) is 45.7 Å². The van der Waals surface area contributed by atoms with Gasteiger partial charge < -0.3 is 9.64 Å². The lowest BCUT2D eigenvalue weighted by atomic mass is 9.90. The predicted octanol–water partition coefficient (Wildman–Crippen LogP) is 3.97. The minimum atomic E-state index is -0.179. The molecule has 5 nitrogen and oxygen atoms in total. The molecule has 1 saturated heterocycles. The molecule has 1 atom stereocenters. The van der Waals surface area contributed by atoms with E-state index >= 15 is 0 Å². The van der Waals surface area contributed by atoms with E-state index in [1.807, 2.05) is 39.0 Å². The van der Waals surface area contributed by atoms with Crippen molar-refractivity contribution in [1.82, 2.24) is 9.88 Å². The Labute approximate surface area is 158 Å². The van der Waals surface area contributed by atoms with Crippen molar-refractivity contribution in [3.05, 3.63) is 45.9 Å². The third-order valence-corrected chi connectivity index (χ3v) is 5.18. The van der Waals surface area contributed by atoms with Gasteiger partial charge in [0.1, 0.15) is 11.4 Å². The van der Waals surface area contributed by atoms with Crippen molar-refractivity contribution in [3.63, 3.8) is 0 Å². The van der Waals surface area contributed by atoms with Gasteiger partial charge >= 0.3 is 0 Å². The molecule has 0 N–H and O–H groups in total. The van der Waals surface area contributed by atoms with Crippen molar-refractivity contribution in [2.24, 2.45) is 5.92 Å². The summed E-state index contributed by atoms with van der Waals surface area (Å²) in [6, 6.07) is 7.32. The third kappa shape index (κ3) is 4.30. The number of carbonyl (C=O) groups is 2. The Morgan fingerprint density at radius 3 is 2.85 bits per heavy atom. The third-order valence-electron chi connectivity index (χ3n) is 4.41. The van der Waals surface area contributed by atoms with Crippen LogP contribution in [0.4, 0.5) is 0 Å². The van der Waals surface area contributed by atoms with Crippen LogP contribution < -0.4 is 4.74 Å². The van der Waals surface area contributed by atoms with Crippen LogP contribution in [0.15, 0.2) is 29.6 Å². The number of benzene rings is 1. The van der Waals surface area contributed by atoms with Crippen molar-refractivity contribution >= 4 is 23.0 Å². The van der Waals surface area contributed by atoms with Gasteiger partial charge in [-0.3, -0.25) is 9.59 Å². The molecule has 26 heavy (non-hydrogen) atoms. The van der Waals surface area contributed by atoms with Gasteiger partial charge in [-0.1, -0.05) is 12.1 Å². The first-order chi connectivity index (χ1) is 12.4. The molecule has 1 aromatic carbocycles. The molecule has 1 aromatic heterocycles. The van der Waals surface area contributed by atoms with Gasteiger partial charge in [0.25, 0.3) is 5.91 Å². The Bertz CT molecular complexity index is 800. The van der Waals surface area contributed by atoms with Crippen LogP contribution in [0.5, 0.6) is 5.75 Å². The summed E-state index contributed by atoms with van der Waals surface area (Å²) in [4.78, 5) is 31.6. The second-order valence-electron chi connectivity index (χ2n) is 6.90. The summed E-state index contributed by atoms with van der Waals surface area (Å²) >= 11 is 1.47. The van der Waals surface area contributed by atoms with E-state index in [0.29, 0.717) is 30.1 Å². The lowest BCUT2D eigenvalue weighted by Gasteiger charge is -2.31. The number of hydrogen-bond acceptors (Lipinski definition) is 5. The molecule has 0 radical (unpaired) electrons. The van der Waals surface area contributed by atoms with Gasteiger partial charge in [-0.2, -0.15) is 0 Å². The van der Waals surface area contributed by atoms with Crippen LogP contribution in [-0.4, -0.2) is 40.8 Å². The van der Waals surface area contributed by atoms with E-state index in [2.05, 4.69) is 4.98 Å². The molecule has 2 aromatic rings. The van der Waals surface area contributed by atoms with Gasteiger partial charge in [-0.15, -0.1) is 11.3 Å². The fourth-order valence-corrected chi connectivity index (χ4v) is 3.82. The first-order valence-electron chi connectivity index (χ1n) is 8.96. The summed E-state index contributed by atoms with van der Waals surface area (Å²) in [6.45, 7) is 6.92. The standard InChI is InChI=1S/C20H24N2O3S/c1-13(2)25-17-8-4-6-15(10-17)19(23)16-7-5-9-22(11-16)20(24)18-12-26-14(3)21-18/h4,6,8,10,12-13,16H,5,7,9,11H2,1-3H3/t16-/m0/s1. The Balaban J connectivity index is 1.71. The molecule has 6 heteroatoms. The van der Waals surface area contributed by atoms with Gasteiger partial charge in [0, 0.05) is 30.0 Å². The molecule has 0 unspecified atom stereocenters. The lowest BCUT2D eigenvalue weighted by molar-refractivity contribution is 0.0632. The van der Waals surface area contributed by atoms with Crippen LogP contribution in [0.2, 0.25) is 0 Å². The van der Waals surface area contributed by atoms with E-state index in [9.17, 15) is 9.59 Å². The minimum Gasteiger partial charge on any atom is -0.491 e. The fraction of sp³-hybridized carbons (Fsp3) is 0.450. The average Bonchev–Trinajstić information content (AvgIpc) is 3.06. The zero-order valence-corrected chi connectivity index (χ0v) is 16.2. The molecule has 0 spiro atoms. The smallest absolute Gasteiger partial charge is 0.273 e. The first-order valence-corrected chi connectivity index (χ1v) is 9.84. The van der Waals surface area contributed by atoms with E-state index in [1.165, 1.54) is 11.3 Å². The Hall–Kier alpha value is -2.21. The number of ketones is 1. The fourth-order valence-electron chi connectivity index (χ4n) is 3.23. The van der Waals surface area contributed by atoms with E-state index in [0.717, 1.165) is 17.8 Å². The van der Waals surface area contributed by atoms with Crippen LogP contribution in [-0.2, 0) is 0 Å². The van der Waals surface area contributed by atoms with E-state index < -0.39 is 0 Å². The van der Waals surface area contributed by atoms with Gasteiger partial charge in [0.2, 0.25) is 0 Å². The summed E-state index contributed by atoms with van der Waals surface area (Å²) in [7, 11) is 0. The molecular weight excluding hydrogens is 348 g/mol. The maximum Gasteiger partial charge on any atom is 0.273 e. The molecule has 0 saturated carbocycles. The Morgan fingerprint density at radius 1 is 1.35 bits per heavy atom. The van der Waals surface area contributed by atoms with Gasteiger partial charge in [-0.25, -0.2) is 4.98 Å². The van der Waals surface area contributed by atoms with Crippen LogP contribution in [0.3, 0.4) is 0 Å². The number of Topliss-reactive ketones (excluding diaryl/α,β-unsaturated/α-hetero) is 1. The highest BCUT2D eigenvalue weighted by Gasteiger charge is 2.30. The maximum absolute atomic E-state index is 12.9. The number of nitrogens with zero attached hydrogens (tertiary/aromatic N) is 2. The number of rotatable bonds is 5. The number of thiazole rings is 1. The second kappa shape index (κ2) is 7.99. The number of aryl methyl sites for hydroxylation is 1. The number of amides is 1. The minimum absolute atomic E-state index is 0.0599. The summed E-state index contributed by atoms with van der Waals surface area (Å²) in [5.41, 5.74) is 1.12. The molecule has 1 amide bonds. The summed E-state index contributed by atoms with van der Waals surface area (Å²) < 4.78 is 5.69. The number of carbonyl (C=O) groups excluding carboxylic acids is 2. The van der Waals surface area contributed by atoms with Crippen molar-refractivity contribution in [2.75, 3.05) is 13.1 Å². The maximum atomic E-state index is 12.9. The molecular formula is C20H24N2O3S. The van der Waals surface area contributed by atoms with Crippen LogP contribution in [0.25, 0.3) is 0 Å². The average molecular weight is 372 g/mol. The Kier molecular flexibility index (Phi) is 5.71. The molecule has 1 aliphatic rings. The lowest BCUT2D eigenvalue weighted by Crippen LogP contribution is -2.42.